The molecule has 0 N–H and O–H groups in total. The molecule has 0 atom stereocenters. The molecule has 0 amide bonds. The summed E-state index contributed by atoms with van der Waals surface area (Å²) in [7, 11) is 0. The van der Waals surface area contributed by atoms with E-state index in [4.69, 9.17) is 4.98 Å². The summed E-state index contributed by atoms with van der Waals surface area (Å²) in [4.78, 5) is 4.88. The van der Waals surface area contributed by atoms with Crippen LogP contribution in [0.15, 0.2) is 24.4 Å². The molecule has 1 aliphatic rings. The summed E-state index contributed by atoms with van der Waals surface area (Å²) in [6.07, 6.45) is 4.81. The summed E-state index contributed by atoms with van der Waals surface area (Å²) in [5.41, 5.74) is 5.87. The summed E-state index contributed by atoms with van der Waals surface area (Å²) in [6.45, 7) is 13.7. The van der Waals surface area contributed by atoms with Crippen LogP contribution in [0.25, 0.3) is 10.9 Å². The zero-order valence-electron chi connectivity index (χ0n) is 14.2. The van der Waals surface area contributed by atoms with E-state index in [2.05, 4.69) is 65.9 Å². The van der Waals surface area contributed by atoms with E-state index < -0.39 is 0 Å². The first kappa shape index (κ1) is 14.6. The van der Waals surface area contributed by atoms with E-state index in [1.165, 1.54) is 34.9 Å². The van der Waals surface area contributed by atoms with Crippen molar-refractivity contribution in [1.29, 1.82) is 0 Å². The highest BCUT2D eigenvalue weighted by Crippen LogP contribution is 2.47. The van der Waals surface area contributed by atoms with Crippen molar-refractivity contribution in [2.75, 3.05) is 0 Å². The van der Waals surface area contributed by atoms with Gasteiger partial charge in [0.15, 0.2) is 0 Å². The Bertz CT molecular complexity index is 679. The number of hydrogen-bond donors (Lipinski definition) is 0. The molecule has 1 heteroatoms. The molecule has 0 aliphatic heterocycles. The fraction of sp³-hybridized carbons (Fsp3) is 0.550. The molecule has 1 saturated carbocycles. The van der Waals surface area contributed by atoms with E-state index in [0.717, 1.165) is 5.92 Å². The Labute approximate surface area is 128 Å². The molecule has 1 fully saturated rings. The highest BCUT2D eigenvalue weighted by atomic mass is 14.7. The van der Waals surface area contributed by atoms with Crippen LogP contribution in [0.2, 0.25) is 0 Å². The molecule has 1 aromatic carbocycles. The predicted octanol–water partition coefficient (Wildman–Crippen LogP) is 5.71. The van der Waals surface area contributed by atoms with E-state index in [0.29, 0.717) is 0 Å². The molecular weight excluding hydrogens is 254 g/mol. The summed E-state index contributed by atoms with van der Waals surface area (Å²) in [6, 6.07) is 6.73. The van der Waals surface area contributed by atoms with Crippen LogP contribution in [0.3, 0.4) is 0 Å². The van der Waals surface area contributed by atoms with Crippen molar-refractivity contribution in [3.8, 4) is 0 Å². The van der Waals surface area contributed by atoms with Gasteiger partial charge in [-0.25, -0.2) is 0 Å². The van der Waals surface area contributed by atoms with Gasteiger partial charge in [0.1, 0.15) is 0 Å². The molecule has 1 heterocycles. The van der Waals surface area contributed by atoms with Gasteiger partial charge in [-0.05, 0) is 46.3 Å². The van der Waals surface area contributed by atoms with Gasteiger partial charge in [-0.2, -0.15) is 0 Å². The lowest BCUT2D eigenvalue weighted by atomic mass is 9.80. The van der Waals surface area contributed by atoms with E-state index in [-0.39, 0.29) is 10.8 Å². The zero-order valence-corrected chi connectivity index (χ0v) is 14.2. The number of benzene rings is 1. The summed E-state index contributed by atoms with van der Waals surface area (Å²) < 4.78 is 0. The quantitative estimate of drug-likeness (QED) is 0.652. The Hall–Kier alpha value is -1.37. The summed E-state index contributed by atoms with van der Waals surface area (Å²) in [5, 5.41) is 1.39. The number of nitrogens with zero attached hydrogens (tertiary/aromatic N) is 1. The van der Waals surface area contributed by atoms with Crippen molar-refractivity contribution in [3.63, 3.8) is 0 Å². The summed E-state index contributed by atoms with van der Waals surface area (Å²) in [5.74, 6) is 0.750. The van der Waals surface area contributed by atoms with Gasteiger partial charge in [0.25, 0.3) is 0 Å². The summed E-state index contributed by atoms with van der Waals surface area (Å²) >= 11 is 0. The molecule has 112 valence electrons. The fourth-order valence-corrected chi connectivity index (χ4v) is 3.26. The Kier molecular flexibility index (Phi) is 3.16. The lowest BCUT2D eigenvalue weighted by Gasteiger charge is -2.26. The molecule has 21 heavy (non-hydrogen) atoms. The third kappa shape index (κ3) is 2.59. The van der Waals surface area contributed by atoms with E-state index in [1.807, 2.05) is 0 Å². The highest BCUT2D eigenvalue weighted by molar-refractivity contribution is 5.87. The normalized spacial score (nSPS) is 16.5. The van der Waals surface area contributed by atoms with Crippen molar-refractivity contribution < 1.29 is 0 Å². The van der Waals surface area contributed by atoms with Crippen molar-refractivity contribution in [1.82, 2.24) is 4.98 Å². The first-order valence-electron chi connectivity index (χ1n) is 8.12. The zero-order chi connectivity index (χ0) is 15.4. The maximum Gasteiger partial charge on any atom is 0.0742 e. The molecule has 0 unspecified atom stereocenters. The first-order chi connectivity index (χ1) is 9.69. The van der Waals surface area contributed by atoms with Crippen LogP contribution < -0.4 is 0 Å². The SMILES string of the molecule is CC(C)(C)c1cnc2c(C(C)(C)C)cccc2c1C1CC1. The van der Waals surface area contributed by atoms with Gasteiger partial charge in [0, 0.05) is 11.6 Å². The lowest BCUT2D eigenvalue weighted by Crippen LogP contribution is -2.17. The number of fused-ring (bicyclic) bond motifs is 1. The second-order valence-electron chi connectivity index (χ2n) is 8.56. The molecule has 1 aliphatic carbocycles. The van der Waals surface area contributed by atoms with Crippen LogP contribution in [-0.2, 0) is 10.8 Å². The Morgan fingerprint density at radius 3 is 2.05 bits per heavy atom. The predicted molar refractivity (Wildman–Crippen MR) is 91.1 cm³/mol. The van der Waals surface area contributed by atoms with Crippen LogP contribution in [0.4, 0.5) is 0 Å². The Balaban J connectivity index is 2.35. The Morgan fingerprint density at radius 1 is 0.905 bits per heavy atom. The molecule has 0 radical (unpaired) electrons. The number of aromatic nitrogens is 1. The standard InChI is InChI=1S/C20H27N/c1-19(2,3)15-9-7-8-14-17(13-10-11-13)16(20(4,5)6)12-21-18(14)15/h7-9,12-13H,10-11H2,1-6H3. The smallest absolute Gasteiger partial charge is 0.0742 e. The van der Waals surface area contributed by atoms with Gasteiger partial charge < -0.3 is 0 Å². The van der Waals surface area contributed by atoms with E-state index >= 15 is 0 Å². The third-order valence-corrected chi connectivity index (χ3v) is 4.54. The molecule has 2 aromatic rings. The monoisotopic (exact) mass is 281 g/mol. The lowest BCUT2D eigenvalue weighted by molar-refractivity contribution is 0.580. The van der Waals surface area contributed by atoms with Gasteiger partial charge >= 0.3 is 0 Å². The molecule has 0 saturated heterocycles. The van der Waals surface area contributed by atoms with Gasteiger partial charge in [0.2, 0.25) is 0 Å². The van der Waals surface area contributed by atoms with Gasteiger partial charge in [-0.3, -0.25) is 4.98 Å². The van der Waals surface area contributed by atoms with Crippen molar-refractivity contribution in [2.45, 2.75) is 71.1 Å². The molecule has 3 rings (SSSR count). The average Bonchev–Trinajstić information content (AvgIpc) is 3.18. The van der Waals surface area contributed by atoms with Crippen LogP contribution in [0.1, 0.15) is 77.0 Å². The highest BCUT2D eigenvalue weighted by Gasteiger charge is 2.32. The molecule has 1 aromatic heterocycles. The van der Waals surface area contributed by atoms with Crippen molar-refractivity contribution >= 4 is 10.9 Å². The minimum atomic E-state index is 0.135. The van der Waals surface area contributed by atoms with Crippen LogP contribution in [0, 0.1) is 0 Å². The first-order valence-corrected chi connectivity index (χ1v) is 8.12. The van der Waals surface area contributed by atoms with Gasteiger partial charge in [0.05, 0.1) is 5.52 Å². The molecule has 0 spiro atoms. The van der Waals surface area contributed by atoms with Crippen LogP contribution in [0.5, 0.6) is 0 Å². The second kappa shape index (κ2) is 4.56. The van der Waals surface area contributed by atoms with E-state index in [9.17, 15) is 0 Å². The Morgan fingerprint density at radius 2 is 1.52 bits per heavy atom. The van der Waals surface area contributed by atoms with Gasteiger partial charge in [-0.1, -0.05) is 59.7 Å². The number of hydrogen-bond acceptors (Lipinski definition) is 1. The number of para-hydroxylation sites is 1. The molecule has 1 nitrogen and oxygen atoms in total. The second-order valence-corrected chi connectivity index (χ2v) is 8.56. The maximum absolute atomic E-state index is 4.88. The van der Waals surface area contributed by atoms with Crippen molar-refractivity contribution in [2.24, 2.45) is 0 Å². The van der Waals surface area contributed by atoms with E-state index in [1.54, 1.807) is 5.56 Å². The minimum Gasteiger partial charge on any atom is -0.256 e. The topological polar surface area (TPSA) is 12.9 Å². The molecular formula is C20H27N. The maximum atomic E-state index is 4.88. The largest absolute Gasteiger partial charge is 0.256 e. The van der Waals surface area contributed by atoms with Gasteiger partial charge in [-0.15, -0.1) is 0 Å². The van der Waals surface area contributed by atoms with Crippen LogP contribution in [-0.4, -0.2) is 4.98 Å². The third-order valence-electron chi connectivity index (χ3n) is 4.54. The van der Waals surface area contributed by atoms with Crippen molar-refractivity contribution in [3.05, 3.63) is 41.1 Å². The fourth-order valence-electron chi connectivity index (χ4n) is 3.26. The number of rotatable bonds is 1. The average molecular weight is 281 g/mol. The molecule has 0 bridgehead atoms. The minimum absolute atomic E-state index is 0.135. The van der Waals surface area contributed by atoms with Crippen LogP contribution >= 0.6 is 0 Å². The number of pyridine rings is 1.